The molecule has 0 bridgehead atoms. The van der Waals surface area contributed by atoms with E-state index < -0.39 is 34.3 Å². The summed E-state index contributed by atoms with van der Waals surface area (Å²) >= 11 is 0. The Morgan fingerprint density at radius 1 is 1.07 bits per heavy atom. The Bertz CT molecular complexity index is 992. The van der Waals surface area contributed by atoms with E-state index in [4.69, 9.17) is 4.74 Å². The molecule has 9 heteroatoms. The standard InChI is InChI=1S/C20H23FN2O5S/c1-4-23(13-15-7-5-9-17(21)11-15)19(24)14-28-20(25)16-8-6-10-18(12-16)29(26,27)22(2)3/h5-12H,4,13-14H2,1-3H3. The summed E-state index contributed by atoms with van der Waals surface area (Å²) in [5.74, 6) is -1.65. The maximum absolute atomic E-state index is 13.3. The van der Waals surface area contributed by atoms with E-state index in [0.717, 1.165) is 4.31 Å². The summed E-state index contributed by atoms with van der Waals surface area (Å²) < 4.78 is 43.8. The van der Waals surface area contributed by atoms with Crippen LogP contribution >= 0.6 is 0 Å². The second-order valence-electron chi connectivity index (χ2n) is 6.43. The van der Waals surface area contributed by atoms with Crippen LogP contribution in [-0.4, -0.2) is 56.7 Å². The number of ether oxygens (including phenoxy) is 1. The molecule has 0 saturated carbocycles. The zero-order chi connectivity index (χ0) is 21.6. The van der Waals surface area contributed by atoms with Crippen LogP contribution in [0.3, 0.4) is 0 Å². The zero-order valence-electron chi connectivity index (χ0n) is 16.5. The lowest BCUT2D eigenvalue weighted by atomic mass is 10.2. The molecule has 0 radical (unpaired) electrons. The van der Waals surface area contributed by atoms with Gasteiger partial charge in [0.15, 0.2) is 6.61 Å². The monoisotopic (exact) mass is 422 g/mol. The average molecular weight is 422 g/mol. The first-order valence-electron chi connectivity index (χ1n) is 8.87. The van der Waals surface area contributed by atoms with Crippen molar-refractivity contribution in [2.24, 2.45) is 0 Å². The number of halogens is 1. The third-order valence-electron chi connectivity index (χ3n) is 4.17. The second kappa shape index (κ2) is 9.62. The SMILES string of the molecule is CCN(Cc1cccc(F)c1)C(=O)COC(=O)c1cccc(S(=O)(=O)N(C)C)c1. The average Bonchev–Trinajstić information content (AvgIpc) is 2.70. The number of hydrogen-bond acceptors (Lipinski definition) is 5. The lowest BCUT2D eigenvalue weighted by Gasteiger charge is -2.21. The lowest BCUT2D eigenvalue weighted by Crippen LogP contribution is -2.34. The van der Waals surface area contributed by atoms with Crippen molar-refractivity contribution < 1.29 is 27.1 Å². The largest absolute Gasteiger partial charge is 0.452 e. The molecule has 0 aliphatic rings. The van der Waals surface area contributed by atoms with Gasteiger partial charge in [-0.1, -0.05) is 18.2 Å². The van der Waals surface area contributed by atoms with Crippen molar-refractivity contribution in [3.63, 3.8) is 0 Å². The second-order valence-corrected chi connectivity index (χ2v) is 8.58. The molecular weight excluding hydrogens is 399 g/mol. The van der Waals surface area contributed by atoms with Gasteiger partial charge in [-0.25, -0.2) is 21.9 Å². The molecule has 0 saturated heterocycles. The van der Waals surface area contributed by atoms with Crippen LogP contribution in [0.25, 0.3) is 0 Å². The first kappa shape index (κ1) is 22.5. The van der Waals surface area contributed by atoms with Gasteiger partial charge in [-0.05, 0) is 42.8 Å². The molecule has 2 aromatic carbocycles. The number of carbonyl (C=O) groups is 2. The summed E-state index contributed by atoms with van der Waals surface area (Å²) in [6.45, 7) is 1.78. The smallest absolute Gasteiger partial charge is 0.338 e. The number of nitrogens with zero attached hydrogens (tertiary/aromatic N) is 2. The number of sulfonamides is 1. The number of likely N-dealkylation sites (N-methyl/N-ethyl adjacent to an activating group) is 1. The summed E-state index contributed by atoms with van der Waals surface area (Å²) in [5, 5.41) is 0. The molecule has 0 fully saturated rings. The molecule has 2 aromatic rings. The summed E-state index contributed by atoms with van der Waals surface area (Å²) in [7, 11) is -0.928. The molecule has 0 aliphatic carbocycles. The topological polar surface area (TPSA) is 84.0 Å². The molecule has 0 spiro atoms. The summed E-state index contributed by atoms with van der Waals surface area (Å²) in [4.78, 5) is 26.0. The van der Waals surface area contributed by atoms with E-state index in [2.05, 4.69) is 0 Å². The van der Waals surface area contributed by atoms with Gasteiger partial charge in [-0.15, -0.1) is 0 Å². The Kier molecular flexibility index (Phi) is 7.46. The Hall–Kier alpha value is -2.78. The number of hydrogen-bond donors (Lipinski definition) is 0. The Labute approximate surface area is 169 Å². The molecule has 1 amide bonds. The van der Waals surface area contributed by atoms with E-state index in [9.17, 15) is 22.4 Å². The fourth-order valence-electron chi connectivity index (χ4n) is 2.53. The molecule has 156 valence electrons. The van der Waals surface area contributed by atoms with Crippen LogP contribution < -0.4 is 0 Å². The molecule has 0 heterocycles. The van der Waals surface area contributed by atoms with E-state index in [-0.39, 0.29) is 17.0 Å². The van der Waals surface area contributed by atoms with Gasteiger partial charge in [-0.3, -0.25) is 4.79 Å². The van der Waals surface area contributed by atoms with Crippen molar-refractivity contribution in [3.8, 4) is 0 Å². The molecule has 0 aliphatic heterocycles. The minimum absolute atomic E-state index is 0.0221. The zero-order valence-corrected chi connectivity index (χ0v) is 17.3. The van der Waals surface area contributed by atoms with Gasteiger partial charge in [0.05, 0.1) is 10.5 Å². The highest BCUT2D eigenvalue weighted by Crippen LogP contribution is 2.16. The molecule has 0 unspecified atom stereocenters. The minimum Gasteiger partial charge on any atom is -0.452 e. The van der Waals surface area contributed by atoms with E-state index in [1.165, 1.54) is 55.4 Å². The summed E-state index contributed by atoms with van der Waals surface area (Å²) in [6.07, 6.45) is 0. The number of esters is 1. The van der Waals surface area contributed by atoms with Crippen LogP contribution in [0, 0.1) is 5.82 Å². The van der Waals surface area contributed by atoms with Crippen LogP contribution in [0.5, 0.6) is 0 Å². The normalized spacial score (nSPS) is 11.3. The summed E-state index contributed by atoms with van der Waals surface area (Å²) in [6, 6.07) is 11.3. The van der Waals surface area contributed by atoms with Crippen molar-refractivity contribution in [2.45, 2.75) is 18.4 Å². The van der Waals surface area contributed by atoms with Crippen LogP contribution in [0.1, 0.15) is 22.8 Å². The molecule has 0 aromatic heterocycles. The third-order valence-corrected chi connectivity index (χ3v) is 5.98. The van der Waals surface area contributed by atoms with E-state index in [1.54, 1.807) is 19.1 Å². The van der Waals surface area contributed by atoms with Crippen LogP contribution in [0.2, 0.25) is 0 Å². The van der Waals surface area contributed by atoms with Gasteiger partial charge in [0.1, 0.15) is 5.82 Å². The summed E-state index contributed by atoms with van der Waals surface area (Å²) in [5.41, 5.74) is 0.641. The van der Waals surface area contributed by atoms with Gasteiger partial charge in [0.25, 0.3) is 5.91 Å². The van der Waals surface area contributed by atoms with Gasteiger partial charge >= 0.3 is 5.97 Å². The number of benzene rings is 2. The highest BCUT2D eigenvalue weighted by molar-refractivity contribution is 7.89. The fourth-order valence-corrected chi connectivity index (χ4v) is 3.48. The van der Waals surface area contributed by atoms with E-state index in [0.29, 0.717) is 12.1 Å². The van der Waals surface area contributed by atoms with Crippen molar-refractivity contribution in [3.05, 3.63) is 65.5 Å². The Morgan fingerprint density at radius 2 is 1.76 bits per heavy atom. The number of rotatable bonds is 8. The number of carbonyl (C=O) groups excluding carboxylic acids is 2. The van der Waals surface area contributed by atoms with Gasteiger partial charge in [0.2, 0.25) is 10.0 Å². The predicted molar refractivity (Wildman–Crippen MR) is 105 cm³/mol. The Balaban J connectivity index is 2.03. The van der Waals surface area contributed by atoms with Crippen LogP contribution in [0.15, 0.2) is 53.4 Å². The van der Waals surface area contributed by atoms with Crippen molar-refractivity contribution in [1.29, 1.82) is 0 Å². The van der Waals surface area contributed by atoms with Gasteiger partial charge in [0, 0.05) is 27.2 Å². The number of amides is 1. The third kappa shape index (κ3) is 5.85. The molecule has 7 nitrogen and oxygen atoms in total. The van der Waals surface area contributed by atoms with Crippen LogP contribution in [-0.2, 0) is 26.1 Å². The highest BCUT2D eigenvalue weighted by Gasteiger charge is 2.20. The van der Waals surface area contributed by atoms with Gasteiger partial charge in [-0.2, -0.15) is 0 Å². The maximum Gasteiger partial charge on any atom is 0.338 e. The Morgan fingerprint density at radius 3 is 2.38 bits per heavy atom. The first-order valence-corrected chi connectivity index (χ1v) is 10.3. The first-order chi connectivity index (χ1) is 13.6. The molecule has 0 atom stereocenters. The van der Waals surface area contributed by atoms with Crippen molar-refractivity contribution in [1.82, 2.24) is 9.21 Å². The van der Waals surface area contributed by atoms with Crippen molar-refractivity contribution >= 4 is 21.9 Å². The molecule has 0 N–H and O–H groups in total. The van der Waals surface area contributed by atoms with Crippen molar-refractivity contribution in [2.75, 3.05) is 27.2 Å². The lowest BCUT2D eigenvalue weighted by molar-refractivity contribution is -0.134. The van der Waals surface area contributed by atoms with E-state index >= 15 is 0 Å². The fraction of sp³-hybridized carbons (Fsp3) is 0.300. The van der Waals surface area contributed by atoms with Gasteiger partial charge < -0.3 is 9.64 Å². The molecule has 2 rings (SSSR count). The van der Waals surface area contributed by atoms with E-state index in [1.807, 2.05) is 0 Å². The van der Waals surface area contributed by atoms with Crippen LogP contribution in [0.4, 0.5) is 4.39 Å². The minimum atomic E-state index is -3.70. The predicted octanol–water partition coefficient (Wildman–Crippen LogP) is 2.28. The highest BCUT2D eigenvalue weighted by atomic mass is 32.2. The maximum atomic E-state index is 13.3. The molecule has 29 heavy (non-hydrogen) atoms. The quantitative estimate of drug-likeness (QED) is 0.610. The molecular formula is C20H23FN2O5S.